The van der Waals surface area contributed by atoms with Gasteiger partial charge < -0.3 is 5.32 Å². The maximum atomic E-state index is 12.3. The van der Waals surface area contributed by atoms with E-state index in [0.717, 1.165) is 31.5 Å². The van der Waals surface area contributed by atoms with Crippen molar-refractivity contribution in [3.63, 3.8) is 0 Å². The average molecular weight is 371 g/mol. The molecule has 0 unspecified atom stereocenters. The van der Waals surface area contributed by atoms with E-state index < -0.39 is 17.2 Å². The molecule has 9 heteroatoms. The Bertz CT molecular complexity index is 1050. The van der Waals surface area contributed by atoms with Crippen LogP contribution in [0.4, 0.5) is 0 Å². The number of carbonyl (C=O) groups is 1. The summed E-state index contributed by atoms with van der Waals surface area (Å²) >= 11 is 1.52. The molecule has 0 saturated heterocycles. The molecule has 0 atom stereocenters. The standard InChI is InChI=1S/C17H17N5O3S/c1-21-13(9-14(23)22(2)17(21)25)15(24)19-8-5-12-10-26-16(20-12)11-3-6-18-7-4-11/h3-4,6-7,9-10H,5,8H2,1-2H3,(H,19,24). The molecule has 0 saturated carbocycles. The van der Waals surface area contributed by atoms with Crippen LogP contribution in [-0.2, 0) is 20.5 Å². The summed E-state index contributed by atoms with van der Waals surface area (Å²) in [6.45, 7) is 0.349. The lowest BCUT2D eigenvalue weighted by molar-refractivity contribution is 0.0944. The first-order chi connectivity index (χ1) is 12.5. The molecule has 3 heterocycles. The highest BCUT2D eigenvalue weighted by atomic mass is 32.1. The first-order valence-electron chi connectivity index (χ1n) is 7.87. The summed E-state index contributed by atoms with van der Waals surface area (Å²) in [7, 11) is 2.83. The summed E-state index contributed by atoms with van der Waals surface area (Å²) in [5, 5.41) is 5.55. The molecule has 0 spiro atoms. The second-order valence-corrected chi connectivity index (χ2v) is 6.51. The molecule has 3 aromatic heterocycles. The van der Waals surface area contributed by atoms with Gasteiger partial charge in [-0.15, -0.1) is 11.3 Å². The van der Waals surface area contributed by atoms with Crippen LogP contribution in [0.15, 0.2) is 45.6 Å². The molecule has 0 radical (unpaired) electrons. The third-order valence-corrected chi connectivity index (χ3v) is 4.84. The van der Waals surface area contributed by atoms with Crippen LogP contribution in [0.3, 0.4) is 0 Å². The Morgan fingerprint density at radius 1 is 1.19 bits per heavy atom. The fraction of sp³-hybridized carbons (Fsp3) is 0.235. The molecule has 1 N–H and O–H groups in total. The molecule has 3 rings (SSSR count). The lowest BCUT2D eigenvalue weighted by Crippen LogP contribution is -2.41. The van der Waals surface area contributed by atoms with Crippen LogP contribution in [0.25, 0.3) is 10.6 Å². The van der Waals surface area contributed by atoms with Crippen molar-refractivity contribution >= 4 is 17.2 Å². The van der Waals surface area contributed by atoms with Crippen molar-refractivity contribution in [2.45, 2.75) is 6.42 Å². The molecule has 26 heavy (non-hydrogen) atoms. The largest absolute Gasteiger partial charge is 0.350 e. The van der Waals surface area contributed by atoms with Gasteiger partial charge in [0.25, 0.3) is 11.5 Å². The molecular formula is C17H17N5O3S. The van der Waals surface area contributed by atoms with Crippen LogP contribution >= 0.6 is 11.3 Å². The molecule has 0 bridgehead atoms. The van der Waals surface area contributed by atoms with Crippen molar-refractivity contribution in [1.82, 2.24) is 24.4 Å². The topological polar surface area (TPSA) is 98.9 Å². The van der Waals surface area contributed by atoms with Gasteiger partial charge in [0, 0.05) is 56.5 Å². The Balaban J connectivity index is 1.64. The monoisotopic (exact) mass is 371 g/mol. The van der Waals surface area contributed by atoms with Gasteiger partial charge in [-0.05, 0) is 12.1 Å². The number of amides is 1. The van der Waals surface area contributed by atoms with Gasteiger partial charge in [-0.25, -0.2) is 9.78 Å². The smallest absolute Gasteiger partial charge is 0.331 e. The lowest BCUT2D eigenvalue weighted by atomic mass is 10.3. The summed E-state index contributed by atoms with van der Waals surface area (Å²) < 4.78 is 2.10. The molecule has 3 aromatic rings. The predicted molar refractivity (Wildman–Crippen MR) is 98.3 cm³/mol. The van der Waals surface area contributed by atoms with Gasteiger partial charge in [0.1, 0.15) is 10.7 Å². The van der Waals surface area contributed by atoms with Crippen LogP contribution < -0.4 is 16.6 Å². The third-order valence-electron chi connectivity index (χ3n) is 3.90. The molecule has 1 amide bonds. The highest BCUT2D eigenvalue weighted by Crippen LogP contribution is 2.22. The van der Waals surface area contributed by atoms with Gasteiger partial charge in [0.15, 0.2) is 0 Å². The lowest BCUT2D eigenvalue weighted by Gasteiger charge is -2.09. The zero-order valence-corrected chi connectivity index (χ0v) is 15.1. The first-order valence-corrected chi connectivity index (χ1v) is 8.75. The van der Waals surface area contributed by atoms with E-state index in [1.54, 1.807) is 12.4 Å². The second-order valence-electron chi connectivity index (χ2n) is 5.65. The Labute approximate surface area is 152 Å². The van der Waals surface area contributed by atoms with Gasteiger partial charge in [-0.1, -0.05) is 0 Å². The predicted octanol–water partition coefficient (Wildman–Crippen LogP) is 0.575. The number of rotatable bonds is 5. The third kappa shape index (κ3) is 3.62. The Hall–Kier alpha value is -3.07. The Morgan fingerprint density at radius 3 is 2.65 bits per heavy atom. The van der Waals surface area contributed by atoms with Crippen molar-refractivity contribution < 1.29 is 4.79 Å². The molecular weight excluding hydrogens is 354 g/mol. The van der Waals surface area contributed by atoms with Crippen LogP contribution in [0.2, 0.25) is 0 Å². The van der Waals surface area contributed by atoms with Crippen molar-refractivity contribution in [1.29, 1.82) is 0 Å². The molecule has 134 valence electrons. The van der Waals surface area contributed by atoms with E-state index in [1.807, 2.05) is 17.5 Å². The quantitative estimate of drug-likeness (QED) is 0.707. The minimum atomic E-state index is -0.538. The highest BCUT2D eigenvalue weighted by molar-refractivity contribution is 7.13. The van der Waals surface area contributed by atoms with Gasteiger partial charge in [-0.3, -0.25) is 23.7 Å². The maximum absolute atomic E-state index is 12.3. The minimum absolute atomic E-state index is 0.0360. The minimum Gasteiger partial charge on any atom is -0.350 e. The number of hydrogen-bond donors (Lipinski definition) is 1. The van der Waals surface area contributed by atoms with Gasteiger partial charge in [0.05, 0.1) is 5.69 Å². The van der Waals surface area contributed by atoms with Crippen LogP contribution in [0, 0.1) is 0 Å². The van der Waals surface area contributed by atoms with Gasteiger partial charge >= 0.3 is 5.69 Å². The van der Waals surface area contributed by atoms with E-state index in [-0.39, 0.29) is 5.69 Å². The fourth-order valence-corrected chi connectivity index (χ4v) is 3.25. The van der Waals surface area contributed by atoms with Crippen LogP contribution in [0.1, 0.15) is 16.2 Å². The zero-order valence-electron chi connectivity index (χ0n) is 14.3. The SMILES string of the molecule is Cn1c(C(=O)NCCc2csc(-c3ccncc3)n2)cc(=O)n(C)c1=O. The Morgan fingerprint density at radius 2 is 1.92 bits per heavy atom. The molecule has 0 aliphatic rings. The molecule has 0 aliphatic carbocycles. The normalized spacial score (nSPS) is 10.7. The van der Waals surface area contributed by atoms with Crippen molar-refractivity contribution in [3.8, 4) is 10.6 Å². The van der Waals surface area contributed by atoms with E-state index in [9.17, 15) is 14.4 Å². The van der Waals surface area contributed by atoms with Gasteiger partial charge in [0.2, 0.25) is 0 Å². The number of nitrogens with zero attached hydrogens (tertiary/aromatic N) is 4. The number of aromatic nitrogens is 4. The summed E-state index contributed by atoms with van der Waals surface area (Å²) in [6.07, 6.45) is 3.97. The van der Waals surface area contributed by atoms with E-state index in [4.69, 9.17) is 0 Å². The van der Waals surface area contributed by atoms with Crippen molar-refractivity contribution in [2.75, 3.05) is 6.54 Å². The van der Waals surface area contributed by atoms with Crippen molar-refractivity contribution in [3.05, 3.63) is 68.2 Å². The number of thiazole rings is 1. The van der Waals surface area contributed by atoms with E-state index in [1.165, 1.54) is 25.4 Å². The zero-order chi connectivity index (χ0) is 18.7. The second kappa shape index (κ2) is 7.44. The molecule has 8 nitrogen and oxygen atoms in total. The molecule has 0 fully saturated rings. The molecule has 0 aromatic carbocycles. The van der Waals surface area contributed by atoms with E-state index in [0.29, 0.717) is 13.0 Å². The summed E-state index contributed by atoms with van der Waals surface area (Å²) in [5.41, 5.74) is 0.841. The first kappa shape index (κ1) is 17.7. The summed E-state index contributed by atoms with van der Waals surface area (Å²) in [5.74, 6) is -0.466. The fourth-order valence-electron chi connectivity index (χ4n) is 2.39. The van der Waals surface area contributed by atoms with Gasteiger partial charge in [-0.2, -0.15) is 0 Å². The highest BCUT2D eigenvalue weighted by Gasteiger charge is 2.13. The summed E-state index contributed by atoms with van der Waals surface area (Å²) in [4.78, 5) is 44.4. The Kier molecular flexibility index (Phi) is 5.08. The van der Waals surface area contributed by atoms with E-state index >= 15 is 0 Å². The molecule has 0 aliphatic heterocycles. The van der Waals surface area contributed by atoms with Crippen molar-refractivity contribution in [2.24, 2.45) is 14.1 Å². The summed E-state index contributed by atoms with van der Waals surface area (Å²) in [6, 6.07) is 4.93. The van der Waals surface area contributed by atoms with Crippen LogP contribution in [-0.4, -0.2) is 31.6 Å². The number of carbonyl (C=O) groups excluding carboxylic acids is 1. The maximum Gasteiger partial charge on any atom is 0.331 e. The number of hydrogen-bond acceptors (Lipinski definition) is 6. The van der Waals surface area contributed by atoms with E-state index in [2.05, 4.69) is 15.3 Å². The number of nitrogens with one attached hydrogen (secondary N) is 1. The van der Waals surface area contributed by atoms with Crippen LogP contribution in [0.5, 0.6) is 0 Å². The number of pyridine rings is 1. The average Bonchev–Trinajstić information content (AvgIpc) is 3.12.